The van der Waals surface area contributed by atoms with Crippen molar-refractivity contribution in [2.75, 3.05) is 11.4 Å². The molecule has 0 aliphatic carbocycles. The minimum absolute atomic E-state index is 0.0104. The van der Waals surface area contributed by atoms with Gasteiger partial charge in [0.2, 0.25) is 5.91 Å². The van der Waals surface area contributed by atoms with Gasteiger partial charge in [-0.2, -0.15) is 5.10 Å². The third-order valence-corrected chi connectivity index (χ3v) is 3.48. The number of nitrogens with zero attached hydrogens (tertiary/aromatic N) is 3. The normalized spacial score (nSPS) is 11.3. The predicted molar refractivity (Wildman–Crippen MR) is 89.1 cm³/mol. The van der Waals surface area contributed by atoms with E-state index in [-0.39, 0.29) is 24.4 Å². The molecule has 6 nitrogen and oxygen atoms in total. The second-order valence-electron chi connectivity index (χ2n) is 6.49. The van der Waals surface area contributed by atoms with Crippen molar-refractivity contribution in [3.05, 3.63) is 48.0 Å². The van der Waals surface area contributed by atoms with Crippen LogP contribution in [0.1, 0.15) is 37.6 Å². The molecule has 0 fully saturated rings. The lowest BCUT2D eigenvalue weighted by molar-refractivity contribution is -0.117. The van der Waals surface area contributed by atoms with Gasteiger partial charge >= 0.3 is 0 Å². The Bertz CT molecular complexity index is 732. The van der Waals surface area contributed by atoms with Crippen LogP contribution >= 0.6 is 0 Å². The molecule has 0 bridgehead atoms. The van der Waals surface area contributed by atoms with Gasteiger partial charge in [0.15, 0.2) is 0 Å². The van der Waals surface area contributed by atoms with Gasteiger partial charge in [-0.25, -0.2) is 4.39 Å². The number of carbonyl (C=O) groups excluding carboxylic acids is 2. The van der Waals surface area contributed by atoms with Gasteiger partial charge in [-0.3, -0.25) is 14.3 Å². The highest BCUT2D eigenvalue weighted by Crippen LogP contribution is 2.20. The van der Waals surface area contributed by atoms with Gasteiger partial charge in [-0.05, 0) is 45.0 Å². The second-order valence-corrected chi connectivity index (χ2v) is 6.49. The van der Waals surface area contributed by atoms with E-state index < -0.39 is 11.7 Å². The van der Waals surface area contributed by atoms with Gasteiger partial charge in [0.1, 0.15) is 5.82 Å². The Morgan fingerprint density at radius 3 is 2.38 bits per heavy atom. The topological polar surface area (TPSA) is 81.2 Å². The molecular weight excluding hydrogens is 311 g/mol. The molecule has 0 aliphatic rings. The third-order valence-electron chi connectivity index (χ3n) is 3.48. The van der Waals surface area contributed by atoms with Crippen LogP contribution < -0.4 is 10.6 Å². The first-order valence-electron chi connectivity index (χ1n) is 7.59. The molecule has 1 aromatic heterocycles. The second kappa shape index (κ2) is 6.82. The minimum atomic E-state index is -0.514. The number of primary amides is 1. The molecule has 0 atom stereocenters. The summed E-state index contributed by atoms with van der Waals surface area (Å²) in [4.78, 5) is 25.3. The zero-order valence-corrected chi connectivity index (χ0v) is 14.0. The van der Waals surface area contributed by atoms with Crippen LogP contribution in [0.3, 0.4) is 0 Å². The van der Waals surface area contributed by atoms with E-state index in [0.717, 1.165) is 0 Å². The van der Waals surface area contributed by atoms with Gasteiger partial charge in [0.25, 0.3) is 5.91 Å². The summed E-state index contributed by atoms with van der Waals surface area (Å²) in [6, 6.07) is 5.50. The summed E-state index contributed by atoms with van der Waals surface area (Å²) in [6.07, 6.45) is 3.15. The Hall–Kier alpha value is -2.70. The lowest BCUT2D eigenvalue weighted by Gasteiger charge is -2.22. The molecule has 2 aromatic rings. The lowest BCUT2D eigenvalue weighted by Crippen LogP contribution is -2.34. The van der Waals surface area contributed by atoms with Crippen molar-refractivity contribution >= 4 is 17.5 Å². The number of halogens is 1. The van der Waals surface area contributed by atoms with E-state index in [2.05, 4.69) is 5.10 Å². The molecule has 1 heterocycles. The molecule has 0 aliphatic heterocycles. The number of nitrogens with two attached hydrogens (primary N) is 1. The molecule has 2 rings (SSSR count). The van der Waals surface area contributed by atoms with Crippen LogP contribution in [0.25, 0.3) is 0 Å². The van der Waals surface area contributed by atoms with E-state index >= 15 is 0 Å². The van der Waals surface area contributed by atoms with Crippen LogP contribution in [0.15, 0.2) is 36.7 Å². The fraction of sp³-hybridized carbons (Fsp3) is 0.353. The summed E-state index contributed by atoms with van der Waals surface area (Å²) in [6.45, 7) is 6.03. The minimum Gasteiger partial charge on any atom is -0.370 e. The predicted octanol–water partition coefficient (Wildman–Crippen LogP) is 2.30. The molecule has 0 spiro atoms. The number of aromatic nitrogens is 2. The molecule has 2 amide bonds. The van der Waals surface area contributed by atoms with Crippen molar-refractivity contribution in [1.82, 2.24) is 9.78 Å². The van der Waals surface area contributed by atoms with E-state index in [0.29, 0.717) is 11.3 Å². The van der Waals surface area contributed by atoms with Crippen molar-refractivity contribution in [1.29, 1.82) is 0 Å². The number of amides is 2. The Kier molecular flexibility index (Phi) is 5.02. The molecule has 1 aromatic carbocycles. The highest BCUT2D eigenvalue weighted by molar-refractivity contribution is 6.06. The van der Waals surface area contributed by atoms with Gasteiger partial charge in [-0.15, -0.1) is 0 Å². The first-order chi connectivity index (χ1) is 11.2. The van der Waals surface area contributed by atoms with Crippen molar-refractivity contribution in [3.63, 3.8) is 0 Å². The smallest absolute Gasteiger partial charge is 0.261 e. The SMILES string of the molecule is CC(C)(C)n1cc(C(=O)N(CCC(N)=O)c2ccc(F)cc2)cn1. The average molecular weight is 332 g/mol. The highest BCUT2D eigenvalue weighted by Gasteiger charge is 2.22. The summed E-state index contributed by atoms with van der Waals surface area (Å²) in [5, 5.41) is 4.21. The molecule has 7 heteroatoms. The van der Waals surface area contributed by atoms with E-state index in [9.17, 15) is 14.0 Å². The molecule has 2 N–H and O–H groups in total. The van der Waals surface area contributed by atoms with E-state index in [1.165, 1.54) is 35.4 Å². The molecular formula is C17H21FN4O2. The number of benzene rings is 1. The maximum Gasteiger partial charge on any atom is 0.261 e. The van der Waals surface area contributed by atoms with Crippen LogP contribution in [-0.2, 0) is 10.3 Å². The highest BCUT2D eigenvalue weighted by atomic mass is 19.1. The summed E-state index contributed by atoms with van der Waals surface area (Å²) in [5.41, 5.74) is 5.81. The Labute approximate surface area is 140 Å². The van der Waals surface area contributed by atoms with E-state index in [1.54, 1.807) is 10.9 Å². The van der Waals surface area contributed by atoms with Gasteiger partial charge in [0.05, 0.1) is 17.3 Å². The third kappa shape index (κ3) is 4.18. The quantitative estimate of drug-likeness (QED) is 0.912. The van der Waals surface area contributed by atoms with Gasteiger partial charge in [-0.1, -0.05) is 0 Å². The fourth-order valence-electron chi connectivity index (χ4n) is 2.15. The standard InChI is InChI=1S/C17H21FN4O2/c1-17(2,3)22-11-12(10-20-22)16(24)21(9-8-15(19)23)14-6-4-13(18)5-7-14/h4-7,10-11H,8-9H2,1-3H3,(H2,19,23). The number of hydrogen-bond acceptors (Lipinski definition) is 3. The maximum atomic E-state index is 13.1. The van der Waals surface area contributed by atoms with Crippen LogP contribution in [0.4, 0.5) is 10.1 Å². The Morgan fingerprint density at radius 1 is 1.25 bits per heavy atom. The van der Waals surface area contributed by atoms with Crippen molar-refractivity contribution in [2.24, 2.45) is 5.73 Å². The van der Waals surface area contributed by atoms with Crippen molar-refractivity contribution in [3.8, 4) is 0 Å². The van der Waals surface area contributed by atoms with Gasteiger partial charge < -0.3 is 10.6 Å². The zero-order chi connectivity index (χ0) is 17.9. The summed E-state index contributed by atoms with van der Waals surface area (Å²) in [5.74, 6) is -1.24. The first kappa shape index (κ1) is 17.7. The molecule has 24 heavy (non-hydrogen) atoms. The van der Waals surface area contributed by atoms with E-state index in [4.69, 9.17) is 5.73 Å². The molecule has 0 saturated heterocycles. The van der Waals surface area contributed by atoms with Crippen LogP contribution in [0.2, 0.25) is 0 Å². The Morgan fingerprint density at radius 2 is 1.88 bits per heavy atom. The summed E-state index contributed by atoms with van der Waals surface area (Å²) >= 11 is 0. The lowest BCUT2D eigenvalue weighted by atomic mass is 10.1. The van der Waals surface area contributed by atoms with Crippen molar-refractivity contribution < 1.29 is 14.0 Å². The zero-order valence-electron chi connectivity index (χ0n) is 14.0. The number of anilines is 1. The average Bonchev–Trinajstić information content (AvgIpc) is 2.98. The number of rotatable bonds is 5. The molecule has 0 unspecified atom stereocenters. The van der Waals surface area contributed by atoms with E-state index in [1.807, 2.05) is 20.8 Å². The maximum absolute atomic E-state index is 13.1. The van der Waals surface area contributed by atoms with Crippen LogP contribution in [0.5, 0.6) is 0 Å². The summed E-state index contributed by atoms with van der Waals surface area (Å²) < 4.78 is 14.8. The number of hydrogen-bond donors (Lipinski definition) is 1. The monoisotopic (exact) mass is 332 g/mol. The van der Waals surface area contributed by atoms with Crippen LogP contribution in [-0.4, -0.2) is 28.1 Å². The largest absolute Gasteiger partial charge is 0.370 e. The first-order valence-corrected chi connectivity index (χ1v) is 7.59. The van der Waals surface area contributed by atoms with Gasteiger partial charge in [0, 0.05) is 24.8 Å². The number of carbonyl (C=O) groups is 2. The molecule has 128 valence electrons. The Balaban J connectivity index is 2.31. The fourth-order valence-corrected chi connectivity index (χ4v) is 2.15. The summed E-state index contributed by atoms with van der Waals surface area (Å²) in [7, 11) is 0. The molecule has 0 radical (unpaired) electrons. The van der Waals surface area contributed by atoms with Crippen molar-refractivity contribution in [2.45, 2.75) is 32.7 Å². The van der Waals surface area contributed by atoms with Crippen LogP contribution in [0, 0.1) is 5.82 Å². The molecule has 0 saturated carbocycles.